The zero-order valence-corrected chi connectivity index (χ0v) is 15.2. The van der Waals surface area contributed by atoms with Crippen LogP contribution in [0.3, 0.4) is 0 Å². The molecule has 7 nitrogen and oxygen atoms in total. The molecule has 0 atom stereocenters. The second-order valence-electron chi connectivity index (χ2n) is 5.81. The van der Waals surface area contributed by atoms with Gasteiger partial charge in [0.2, 0.25) is 0 Å². The van der Waals surface area contributed by atoms with Crippen LogP contribution >= 0.6 is 11.6 Å². The molecule has 0 spiro atoms. The van der Waals surface area contributed by atoms with E-state index in [4.69, 9.17) is 16.3 Å². The van der Waals surface area contributed by atoms with Crippen LogP contribution < -0.4 is 10.1 Å². The third-order valence-corrected chi connectivity index (χ3v) is 4.21. The van der Waals surface area contributed by atoms with Crippen LogP contribution in [0.5, 0.6) is 5.75 Å². The van der Waals surface area contributed by atoms with Gasteiger partial charge in [-0.1, -0.05) is 48.0 Å². The van der Waals surface area contributed by atoms with E-state index in [9.17, 15) is 20.0 Å². The monoisotopic (exact) mass is 398 g/mol. The number of nitrogens with one attached hydrogen (secondary N) is 1. The highest BCUT2D eigenvalue weighted by Gasteiger charge is 2.25. The number of anilines is 2. The first-order valence-electron chi connectivity index (χ1n) is 8.19. The van der Waals surface area contributed by atoms with Gasteiger partial charge in [0.1, 0.15) is 23.6 Å². The molecule has 0 aromatic heterocycles. The Morgan fingerprint density at radius 3 is 2.54 bits per heavy atom. The fourth-order valence-corrected chi connectivity index (χ4v) is 2.84. The normalized spacial score (nSPS) is 10.3. The number of benzene rings is 3. The maximum atomic E-state index is 11.6. The maximum absolute atomic E-state index is 11.6. The van der Waals surface area contributed by atoms with Gasteiger partial charge in [-0.3, -0.25) is 10.1 Å². The third-order valence-electron chi connectivity index (χ3n) is 3.89. The van der Waals surface area contributed by atoms with Gasteiger partial charge in [-0.25, -0.2) is 4.79 Å². The lowest BCUT2D eigenvalue weighted by Gasteiger charge is -2.13. The van der Waals surface area contributed by atoms with Crippen molar-refractivity contribution in [1.29, 1.82) is 0 Å². The fraction of sp³-hybridized carbons (Fsp3) is 0.0500. The maximum Gasteiger partial charge on any atom is 0.339 e. The van der Waals surface area contributed by atoms with Crippen LogP contribution in [0, 0.1) is 10.1 Å². The molecule has 0 aliphatic rings. The number of carbonyl (C=O) groups is 1. The molecule has 0 unspecified atom stereocenters. The van der Waals surface area contributed by atoms with Crippen LogP contribution in [0.2, 0.25) is 5.02 Å². The van der Waals surface area contributed by atoms with E-state index in [0.29, 0.717) is 18.0 Å². The summed E-state index contributed by atoms with van der Waals surface area (Å²) in [4.78, 5) is 22.2. The van der Waals surface area contributed by atoms with E-state index >= 15 is 0 Å². The number of nitrogens with zero attached hydrogens (tertiary/aromatic N) is 1. The molecular weight excluding hydrogens is 384 g/mol. The summed E-state index contributed by atoms with van der Waals surface area (Å²) in [5.41, 5.74) is 0.465. The Labute approximate surface area is 165 Å². The van der Waals surface area contributed by atoms with Crippen LogP contribution in [-0.2, 0) is 6.61 Å². The average molecular weight is 399 g/mol. The zero-order valence-electron chi connectivity index (χ0n) is 14.5. The predicted molar refractivity (Wildman–Crippen MR) is 106 cm³/mol. The van der Waals surface area contributed by atoms with E-state index < -0.39 is 16.6 Å². The van der Waals surface area contributed by atoms with Gasteiger partial charge in [-0.05, 0) is 23.8 Å². The number of halogens is 1. The van der Waals surface area contributed by atoms with Crippen molar-refractivity contribution < 1.29 is 19.6 Å². The van der Waals surface area contributed by atoms with E-state index in [0.717, 1.165) is 11.6 Å². The summed E-state index contributed by atoms with van der Waals surface area (Å²) in [6, 6.07) is 18.6. The molecule has 3 rings (SSSR count). The largest absolute Gasteiger partial charge is 0.489 e. The van der Waals surface area contributed by atoms with E-state index in [1.54, 1.807) is 24.3 Å². The first-order chi connectivity index (χ1) is 13.5. The number of nitro groups is 1. The molecule has 0 fully saturated rings. The molecule has 0 saturated heterocycles. The van der Waals surface area contributed by atoms with Crippen molar-refractivity contribution in [2.45, 2.75) is 6.61 Å². The van der Waals surface area contributed by atoms with Crippen LogP contribution in [-0.4, -0.2) is 16.0 Å². The van der Waals surface area contributed by atoms with Gasteiger partial charge in [0.05, 0.1) is 9.95 Å². The number of hydrogen-bond donors (Lipinski definition) is 2. The lowest BCUT2D eigenvalue weighted by atomic mass is 10.1. The second-order valence-corrected chi connectivity index (χ2v) is 6.21. The molecule has 3 aromatic carbocycles. The van der Waals surface area contributed by atoms with Crippen molar-refractivity contribution in [3.8, 4) is 5.75 Å². The van der Waals surface area contributed by atoms with Crippen molar-refractivity contribution >= 4 is 34.6 Å². The molecule has 0 amide bonds. The quantitative estimate of drug-likeness (QED) is 0.415. The van der Waals surface area contributed by atoms with Crippen molar-refractivity contribution in [2.75, 3.05) is 5.32 Å². The molecule has 28 heavy (non-hydrogen) atoms. The minimum Gasteiger partial charge on any atom is -0.489 e. The highest BCUT2D eigenvalue weighted by molar-refractivity contribution is 6.34. The van der Waals surface area contributed by atoms with E-state index in [1.165, 1.54) is 6.07 Å². The number of ether oxygens (including phenoxy) is 1. The molecule has 2 N–H and O–H groups in total. The molecule has 0 aliphatic heterocycles. The summed E-state index contributed by atoms with van der Waals surface area (Å²) in [6.07, 6.45) is 0. The smallest absolute Gasteiger partial charge is 0.339 e. The van der Waals surface area contributed by atoms with Gasteiger partial charge in [0, 0.05) is 17.8 Å². The Morgan fingerprint density at radius 2 is 1.86 bits per heavy atom. The first kappa shape index (κ1) is 19.2. The summed E-state index contributed by atoms with van der Waals surface area (Å²) in [7, 11) is 0. The number of carboxylic acid groups (broad SMARTS) is 1. The van der Waals surface area contributed by atoms with Crippen molar-refractivity contribution in [2.24, 2.45) is 0 Å². The summed E-state index contributed by atoms with van der Waals surface area (Å²) in [5, 5.41) is 23.4. The minimum absolute atomic E-state index is 0.0999. The lowest BCUT2D eigenvalue weighted by molar-refractivity contribution is -0.383. The van der Waals surface area contributed by atoms with E-state index in [2.05, 4.69) is 5.32 Å². The van der Waals surface area contributed by atoms with Crippen LogP contribution in [0.1, 0.15) is 15.9 Å². The highest BCUT2D eigenvalue weighted by Crippen LogP contribution is 2.36. The molecule has 142 valence electrons. The fourth-order valence-electron chi connectivity index (χ4n) is 2.60. The van der Waals surface area contributed by atoms with Crippen LogP contribution in [0.4, 0.5) is 17.1 Å². The average Bonchev–Trinajstić information content (AvgIpc) is 2.67. The molecular formula is C20H15ClN2O5. The zero-order chi connectivity index (χ0) is 20.1. The van der Waals surface area contributed by atoms with Crippen LogP contribution in [0.15, 0.2) is 66.7 Å². The Balaban J connectivity index is 1.89. The van der Waals surface area contributed by atoms with Gasteiger partial charge in [0.25, 0.3) is 5.69 Å². The molecule has 0 saturated carbocycles. The van der Waals surface area contributed by atoms with Gasteiger partial charge in [-0.2, -0.15) is 0 Å². The Hall–Kier alpha value is -3.58. The topological polar surface area (TPSA) is 102 Å². The molecule has 3 aromatic rings. The number of nitro benzene ring substituents is 1. The molecule has 0 bridgehead atoms. The highest BCUT2D eigenvalue weighted by atomic mass is 35.5. The standard InChI is InChI=1S/C20H15ClN2O5/c21-16-9-10-17(23(26)27)19(18(16)20(24)25)22-14-7-4-8-15(11-14)28-12-13-5-2-1-3-6-13/h1-11,22H,12H2,(H,24,25). The van der Waals surface area contributed by atoms with Crippen molar-refractivity contribution in [3.63, 3.8) is 0 Å². The van der Waals surface area contributed by atoms with Crippen molar-refractivity contribution in [3.05, 3.63) is 93.0 Å². The molecule has 0 heterocycles. The Kier molecular flexibility index (Phi) is 5.76. The van der Waals surface area contributed by atoms with E-state index in [-0.39, 0.29) is 16.3 Å². The Bertz CT molecular complexity index is 1020. The van der Waals surface area contributed by atoms with Gasteiger partial charge in [-0.15, -0.1) is 0 Å². The van der Waals surface area contributed by atoms with Gasteiger partial charge in [0.15, 0.2) is 0 Å². The third kappa shape index (κ3) is 4.39. The van der Waals surface area contributed by atoms with Crippen molar-refractivity contribution in [1.82, 2.24) is 0 Å². The number of rotatable bonds is 7. The molecule has 8 heteroatoms. The number of carboxylic acids is 1. The number of aromatic carboxylic acids is 1. The summed E-state index contributed by atoms with van der Waals surface area (Å²) < 4.78 is 5.73. The Morgan fingerprint density at radius 1 is 1.11 bits per heavy atom. The summed E-state index contributed by atoms with van der Waals surface area (Å²) in [6.45, 7) is 0.349. The SMILES string of the molecule is O=C(O)c1c(Cl)ccc([N+](=O)[O-])c1Nc1cccc(OCc2ccccc2)c1. The first-order valence-corrected chi connectivity index (χ1v) is 8.57. The molecule has 0 radical (unpaired) electrons. The summed E-state index contributed by atoms with van der Waals surface area (Å²) in [5.74, 6) is -0.844. The molecule has 0 aliphatic carbocycles. The summed E-state index contributed by atoms with van der Waals surface area (Å²) >= 11 is 5.95. The second kappa shape index (κ2) is 8.41. The predicted octanol–water partition coefficient (Wildman–Crippen LogP) is 5.27. The van der Waals surface area contributed by atoms with Gasteiger partial charge < -0.3 is 15.2 Å². The van der Waals surface area contributed by atoms with Crippen LogP contribution in [0.25, 0.3) is 0 Å². The van der Waals surface area contributed by atoms with Gasteiger partial charge >= 0.3 is 5.97 Å². The number of hydrogen-bond acceptors (Lipinski definition) is 5. The van der Waals surface area contributed by atoms with E-state index in [1.807, 2.05) is 30.3 Å². The lowest BCUT2D eigenvalue weighted by Crippen LogP contribution is -2.07. The minimum atomic E-state index is -1.37.